The Labute approximate surface area is 148 Å². The minimum absolute atomic E-state index is 0.109. The minimum Gasteiger partial charge on any atom is -0.459 e. The van der Waals surface area contributed by atoms with Gasteiger partial charge in [-0.25, -0.2) is 0 Å². The van der Waals surface area contributed by atoms with E-state index in [1.165, 1.54) is 6.26 Å². The Kier molecular flexibility index (Phi) is 6.39. The van der Waals surface area contributed by atoms with E-state index in [9.17, 15) is 9.59 Å². The summed E-state index contributed by atoms with van der Waals surface area (Å²) in [5, 5.41) is 5.80. The van der Waals surface area contributed by atoms with Crippen LogP contribution in [-0.2, 0) is 0 Å². The summed E-state index contributed by atoms with van der Waals surface area (Å²) in [5.41, 5.74) is 2.00. The Bertz CT molecular complexity index is 721. The number of rotatable bonds is 7. The summed E-state index contributed by atoms with van der Waals surface area (Å²) in [7, 11) is 0. The maximum Gasteiger partial charge on any atom is 0.291 e. The molecule has 0 aliphatic heterocycles. The smallest absolute Gasteiger partial charge is 0.291 e. The molecule has 2 amide bonds. The second-order valence-electron chi connectivity index (χ2n) is 6.81. The van der Waals surface area contributed by atoms with Crippen molar-refractivity contribution in [3.63, 3.8) is 0 Å². The first-order valence-electron chi connectivity index (χ1n) is 8.63. The zero-order valence-electron chi connectivity index (χ0n) is 15.3. The Hall–Kier alpha value is -2.56. The molecule has 0 aliphatic rings. The van der Waals surface area contributed by atoms with Crippen molar-refractivity contribution < 1.29 is 14.0 Å². The summed E-state index contributed by atoms with van der Waals surface area (Å²) in [6, 6.07) is 8.65. The molecule has 0 spiro atoms. The topological polar surface area (TPSA) is 71.3 Å². The number of benzene rings is 1. The normalized spacial score (nSPS) is 12.0. The number of nitrogens with one attached hydrogen (secondary N) is 2. The van der Waals surface area contributed by atoms with Gasteiger partial charge in [0.2, 0.25) is 0 Å². The van der Waals surface area contributed by atoms with Crippen molar-refractivity contribution in [1.82, 2.24) is 5.32 Å². The summed E-state index contributed by atoms with van der Waals surface area (Å²) in [4.78, 5) is 24.6. The van der Waals surface area contributed by atoms with Crippen LogP contribution in [0, 0.1) is 12.8 Å². The van der Waals surface area contributed by atoms with Gasteiger partial charge in [0, 0.05) is 17.3 Å². The van der Waals surface area contributed by atoms with Crippen LogP contribution in [0.3, 0.4) is 0 Å². The molecule has 5 nitrogen and oxygen atoms in total. The lowest BCUT2D eigenvalue weighted by Gasteiger charge is -2.16. The molecule has 1 aromatic heterocycles. The first kappa shape index (κ1) is 18.8. The Balaban J connectivity index is 2.04. The lowest BCUT2D eigenvalue weighted by molar-refractivity contribution is 0.0935. The van der Waals surface area contributed by atoms with E-state index < -0.39 is 0 Å². The highest BCUT2D eigenvalue weighted by atomic mass is 16.3. The lowest BCUT2D eigenvalue weighted by atomic mass is 10.0. The third-order valence-corrected chi connectivity index (χ3v) is 4.05. The quantitative estimate of drug-likeness (QED) is 0.783. The average molecular weight is 342 g/mol. The molecule has 0 saturated carbocycles. The zero-order valence-corrected chi connectivity index (χ0v) is 15.3. The Morgan fingerprint density at radius 3 is 2.48 bits per heavy atom. The van der Waals surface area contributed by atoms with Crippen molar-refractivity contribution in [2.45, 2.75) is 46.6 Å². The second kappa shape index (κ2) is 8.51. The number of furan rings is 1. The first-order valence-corrected chi connectivity index (χ1v) is 8.63. The van der Waals surface area contributed by atoms with Crippen LogP contribution in [0.15, 0.2) is 41.0 Å². The van der Waals surface area contributed by atoms with E-state index >= 15 is 0 Å². The van der Waals surface area contributed by atoms with E-state index in [1.54, 1.807) is 24.3 Å². The fourth-order valence-electron chi connectivity index (χ4n) is 2.45. The zero-order chi connectivity index (χ0) is 18.4. The van der Waals surface area contributed by atoms with E-state index in [1.807, 2.05) is 19.9 Å². The maximum atomic E-state index is 12.4. The predicted molar refractivity (Wildman–Crippen MR) is 98.8 cm³/mol. The van der Waals surface area contributed by atoms with Crippen molar-refractivity contribution in [2.75, 3.05) is 5.32 Å². The number of hydrogen-bond acceptors (Lipinski definition) is 3. The molecule has 1 unspecified atom stereocenters. The molecule has 0 fully saturated rings. The molecule has 1 aromatic carbocycles. The van der Waals surface area contributed by atoms with E-state index in [0.29, 0.717) is 17.2 Å². The van der Waals surface area contributed by atoms with Gasteiger partial charge >= 0.3 is 0 Å². The van der Waals surface area contributed by atoms with Crippen LogP contribution in [0.4, 0.5) is 5.69 Å². The van der Waals surface area contributed by atoms with Gasteiger partial charge in [-0.1, -0.05) is 19.9 Å². The fraction of sp³-hybridized carbons (Fsp3) is 0.400. The van der Waals surface area contributed by atoms with Crippen molar-refractivity contribution in [1.29, 1.82) is 0 Å². The molecular formula is C20H26N2O3. The molecule has 0 saturated heterocycles. The number of amides is 2. The maximum absolute atomic E-state index is 12.4. The Morgan fingerprint density at radius 1 is 1.08 bits per heavy atom. The van der Waals surface area contributed by atoms with E-state index in [4.69, 9.17) is 4.42 Å². The van der Waals surface area contributed by atoms with Gasteiger partial charge in [-0.3, -0.25) is 9.59 Å². The van der Waals surface area contributed by atoms with Gasteiger partial charge < -0.3 is 15.1 Å². The summed E-state index contributed by atoms with van der Waals surface area (Å²) >= 11 is 0. The van der Waals surface area contributed by atoms with Gasteiger partial charge in [0.1, 0.15) is 0 Å². The molecule has 0 radical (unpaired) electrons. The van der Waals surface area contributed by atoms with Crippen LogP contribution in [0.2, 0.25) is 0 Å². The van der Waals surface area contributed by atoms with Crippen LogP contribution >= 0.6 is 0 Å². The fourth-order valence-corrected chi connectivity index (χ4v) is 2.45. The molecule has 2 N–H and O–H groups in total. The molecule has 0 bridgehead atoms. The van der Waals surface area contributed by atoms with Crippen LogP contribution in [0.25, 0.3) is 0 Å². The second-order valence-corrected chi connectivity index (χ2v) is 6.81. The summed E-state index contributed by atoms with van der Waals surface area (Å²) in [5.74, 6) is 0.374. The SMILES string of the molecule is Cc1ccc(C(=O)NC(C)CCC(C)C)cc1NC(=O)c1ccco1. The summed E-state index contributed by atoms with van der Waals surface area (Å²) < 4.78 is 5.09. The highest BCUT2D eigenvalue weighted by Crippen LogP contribution is 2.18. The summed E-state index contributed by atoms with van der Waals surface area (Å²) in [6.45, 7) is 8.23. The van der Waals surface area contributed by atoms with Crippen LogP contribution in [0.1, 0.15) is 60.1 Å². The third kappa shape index (κ3) is 5.48. The third-order valence-electron chi connectivity index (χ3n) is 4.05. The van der Waals surface area contributed by atoms with Gasteiger partial charge in [-0.05, 0) is 62.4 Å². The van der Waals surface area contributed by atoms with Crippen LogP contribution in [0.5, 0.6) is 0 Å². The largest absolute Gasteiger partial charge is 0.459 e. The van der Waals surface area contributed by atoms with E-state index in [0.717, 1.165) is 18.4 Å². The first-order chi connectivity index (χ1) is 11.9. The molecule has 5 heteroatoms. The van der Waals surface area contributed by atoms with Crippen LogP contribution in [-0.4, -0.2) is 17.9 Å². The lowest BCUT2D eigenvalue weighted by Crippen LogP contribution is -2.32. The van der Waals surface area contributed by atoms with E-state index in [-0.39, 0.29) is 23.6 Å². The highest BCUT2D eigenvalue weighted by Gasteiger charge is 2.14. The number of hydrogen-bond donors (Lipinski definition) is 2. The average Bonchev–Trinajstić information content (AvgIpc) is 3.09. The van der Waals surface area contributed by atoms with E-state index in [2.05, 4.69) is 24.5 Å². The standard InChI is InChI=1S/C20H26N2O3/c1-13(2)7-9-15(4)21-19(23)16-10-8-14(3)17(12-16)22-20(24)18-6-5-11-25-18/h5-6,8,10-13,15H,7,9H2,1-4H3,(H,21,23)(H,22,24). The van der Waals surface area contributed by atoms with Crippen molar-refractivity contribution in [2.24, 2.45) is 5.92 Å². The molecule has 2 rings (SSSR count). The number of anilines is 1. The van der Waals surface area contributed by atoms with Crippen molar-refractivity contribution in [3.05, 3.63) is 53.5 Å². The van der Waals surface area contributed by atoms with Gasteiger partial charge in [-0.15, -0.1) is 0 Å². The van der Waals surface area contributed by atoms with Gasteiger partial charge in [0.25, 0.3) is 11.8 Å². The highest BCUT2D eigenvalue weighted by molar-refractivity contribution is 6.03. The van der Waals surface area contributed by atoms with Gasteiger partial charge in [0.05, 0.1) is 6.26 Å². The van der Waals surface area contributed by atoms with Crippen LogP contribution < -0.4 is 10.6 Å². The molecule has 134 valence electrons. The molecule has 0 aliphatic carbocycles. The molecule has 25 heavy (non-hydrogen) atoms. The minimum atomic E-state index is -0.337. The molecule has 1 heterocycles. The summed E-state index contributed by atoms with van der Waals surface area (Å²) in [6.07, 6.45) is 3.46. The van der Waals surface area contributed by atoms with Crippen molar-refractivity contribution >= 4 is 17.5 Å². The van der Waals surface area contributed by atoms with Gasteiger partial charge in [0.15, 0.2) is 5.76 Å². The number of carbonyl (C=O) groups is 2. The number of aryl methyl sites for hydroxylation is 1. The number of carbonyl (C=O) groups excluding carboxylic acids is 2. The van der Waals surface area contributed by atoms with Gasteiger partial charge in [-0.2, -0.15) is 0 Å². The monoisotopic (exact) mass is 342 g/mol. The predicted octanol–water partition coefficient (Wildman–Crippen LogP) is 4.39. The molecule has 1 atom stereocenters. The Morgan fingerprint density at radius 2 is 1.84 bits per heavy atom. The molecule has 2 aromatic rings. The molecular weight excluding hydrogens is 316 g/mol. The van der Waals surface area contributed by atoms with Crippen molar-refractivity contribution in [3.8, 4) is 0 Å².